The summed E-state index contributed by atoms with van der Waals surface area (Å²) in [6, 6.07) is 7.52. The zero-order valence-corrected chi connectivity index (χ0v) is 11.2. The smallest absolute Gasteiger partial charge is 0.239 e. The lowest BCUT2D eigenvalue weighted by atomic mass is 10.2. The van der Waals surface area contributed by atoms with Crippen molar-refractivity contribution < 1.29 is 4.79 Å². The first-order chi connectivity index (χ1) is 7.54. The van der Waals surface area contributed by atoms with E-state index in [0.29, 0.717) is 13.0 Å². The number of rotatable bonds is 4. The SMILES string of the molecule is CC[C@@H](N)C(=O)N(C)Cc1cccc(Br)c1. The van der Waals surface area contributed by atoms with Gasteiger partial charge < -0.3 is 10.6 Å². The van der Waals surface area contributed by atoms with E-state index in [-0.39, 0.29) is 5.91 Å². The normalized spacial score (nSPS) is 12.2. The van der Waals surface area contributed by atoms with Crippen LogP contribution in [0.25, 0.3) is 0 Å². The molecule has 0 fully saturated rings. The van der Waals surface area contributed by atoms with Crippen LogP contribution in [0.15, 0.2) is 28.7 Å². The molecule has 0 aliphatic carbocycles. The third kappa shape index (κ3) is 3.61. The lowest BCUT2D eigenvalue weighted by Crippen LogP contribution is -2.40. The zero-order chi connectivity index (χ0) is 12.1. The highest BCUT2D eigenvalue weighted by atomic mass is 79.9. The maximum Gasteiger partial charge on any atom is 0.239 e. The van der Waals surface area contributed by atoms with Crippen LogP contribution in [-0.4, -0.2) is 23.9 Å². The summed E-state index contributed by atoms with van der Waals surface area (Å²) in [5.41, 5.74) is 6.79. The molecule has 0 aliphatic heterocycles. The molecule has 1 aromatic rings. The van der Waals surface area contributed by atoms with Crippen molar-refractivity contribution in [1.82, 2.24) is 4.90 Å². The third-order valence-electron chi connectivity index (χ3n) is 2.44. The van der Waals surface area contributed by atoms with Crippen LogP contribution in [0.1, 0.15) is 18.9 Å². The van der Waals surface area contributed by atoms with E-state index in [0.717, 1.165) is 10.0 Å². The Morgan fingerprint density at radius 1 is 1.56 bits per heavy atom. The van der Waals surface area contributed by atoms with Crippen molar-refractivity contribution >= 4 is 21.8 Å². The van der Waals surface area contributed by atoms with Crippen molar-refractivity contribution in [3.05, 3.63) is 34.3 Å². The summed E-state index contributed by atoms with van der Waals surface area (Å²) in [4.78, 5) is 13.4. The second kappa shape index (κ2) is 6.01. The third-order valence-corrected chi connectivity index (χ3v) is 2.94. The molecule has 16 heavy (non-hydrogen) atoms. The fourth-order valence-corrected chi connectivity index (χ4v) is 1.89. The van der Waals surface area contributed by atoms with E-state index in [1.165, 1.54) is 0 Å². The van der Waals surface area contributed by atoms with E-state index in [2.05, 4.69) is 15.9 Å². The molecule has 1 amide bonds. The van der Waals surface area contributed by atoms with Crippen LogP contribution in [0.2, 0.25) is 0 Å². The Labute approximate surface area is 105 Å². The highest BCUT2D eigenvalue weighted by Gasteiger charge is 2.15. The molecule has 0 radical (unpaired) electrons. The number of nitrogens with two attached hydrogens (primary N) is 1. The number of amides is 1. The molecule has 1 aromatic carbocycles. The molecular formula is C12H17BrN2O. The molecule has 0 heterocycles. The predicted octanol–water partition coefficient (Wildman–Crippen LogP) is 2.14. The van der Waals surface area contributed by atoms with Crippen LogP contribution < -0.4 is 5.73 Å². The van der Waals surface area contributed by atoms with Gasteiger partial charge in [0.2, 0.25) is 5.91 Å². The zero-order valence-electron chi connectivity index (χ0n) is 9.61. The molecule has 1 rings (SSSR count). The van der Waals surface area contributed by atoms with Crippen LogP contribution >= 0.6 is 15.9 Å². The second-order valence-corrected chi connectivity index (χ2v) is 4.75. The highest BCUT2D eigenvalue weighted by Crippen LogP contribution is 2.13. The van der Waals surface area contributed by atoms with Gasteiger partial charge in [0.1, 0.15) is 0 Å². The lowest BCUT2D eigenvalue weighted by Gasteiger charge is -2.20. The molecule has 4 heteroatoms. The monoisotopic (exact) mass is 284 g/mol. The number of nitrogens with zero attached hydrogens (tertiary/aromatic N) is 1. The molecular weight excluding hydrogens is 268 g/mol. The standard InChI is InChI=1S/C12H17BrN2O/c1-3-11(14)12(16)15(2)8-9-5-4-6-10(13)7-9/h4-7,11H,3,8,14H2,1-2H3/t11-/m1/s1. The van der Waals surface area contributed by atoms with Crippen molar-refractivity contribution in [2.24, 2.45) is 5.73 Å². The van der Waals surface area contributed by atoms with Gasteiger partial charge in [-0.1, -0.05) is 35.0 Å². The summed E-state index contributed by atoms with van der Waals surface area (Å²) in [7, 11) is 1.78. The molecule has 3 nitrogen and oxygen atoms in total. The Morgan fingerprint density at radius 3 is 2.81 bits per heavy atom. The van der Waals surface area contributed by atoms with Gasteiger partial charge in [-0.2, -0.15) is 0 Å². The van der Waals surface area contributed by atoms with Gasteiger partial charge in [0.25, 0.3) is 0 Å². The Bertz CT molecular complexity index is 368. The summed E-state index contributed by atoms with van der Waals surface area (Å²) in [5.74, 6) is -0.0116. The molecule has 0 unspecified atom stereocenters. The maximum atomic E-state index is 11.8. The van der Waals surface area contributed by atoms with Gasteiger partial charge in [0.05, 0.1) is 6.04 Å². The average molecular weight is 285 g/mol. The minimum Gasteiger partial charge on any atom is -0.340 e. The number of halogens is 1. The fourth-order valence-electron chi connectivity index (χ4n) is 1.44. The van der Waals surface area contributed by atoms with Crippen LogP contribution in [0, 0.1) is 0 Å². The number of hydrogen-bond donors (Lipinski definition) is 1. The van der Waals surface area contributed by atoms with Gasteiger partial charge in [-0.15, -0.1) is 0 Å². The Morgan fingerprint density at radius 2 is 2.25 bits per heavy atom. The molecule has 1 atom stereocenters. The quantitative estimate of drug-likeness (QED) is 0.921. The predicted molar refractivity (Wildman–Crippen MR) is 68.9 cm³/mol. The first-order valence-electron chi connectivity index (χ1n) is 5.29. The van der Waals surface area contributed by atoms with E-state index in [4.69, 9.17) is 5.73 Å². The summed E-state index contributed by atoms with van der Waals surface area (Å²) < 4.78 is 1.02. The van der Waals surface area contributed by atoms with Crippen molar-refractivity contribution in [2.45, 2.75) is 25.9 Å². The summed E-state index contributed by atoms with van der Waals surface area (Å²) in [5, 5.41) is 0. The van der Waals surface area contributed by atoms with Crippen molar-refractivity contribution in [3.8, 4) is 0 Å². The molecule has 0 aromatic heterocycles. The van der Waals surface area contributed by atoms with Crippen molar-refractivity contribution in [3.63, 3.8) is 0 Å². The molecule has 0 bridgehead atoms. The number of carbonyl (C=O) groups excluding carboxylic acids is 1. The molecule has 88 valence electrons. The molecule has 0 saturated carbocycles. The summed E-state index contributed by atoms with van der Waals surface area (Å²) in [6.45, 7) is 2.50. The van der Waals surface area contributed by atoms with Crippen LogP contribution in [0.3, 0.4) is 0 Å². The second-order valence-electron chi connectivity index (χ2n) is 3.84. The average Bonchev–Trinajstić information content (AvgIpc) is 2.27. The lowest BCUT2D eigenvalue weighted by molar-refractivity contribution is -0.131. The highest BCUT2D eigenvalue weighted by molar-refractivity contribution is 9.10. The summed E-state index contributed by atoms with van der Waals surface area (Å²) >= 11 is 3.40. The summed E-state index contributed by atoms with van der Waals surface area (Å²) in [6.07, 6.45) is 0.668. The number of carbonyl (C=O) groups is 1. The molecule has 0 aliphatic rings. The largest absolute Gasteiger partial charge is 0.340 e. The van der Waals surface area contributed by atoms with E-state index < -0.39 is 6.04 Å². The Balaban J connectivity index is 2.64. The first-order valence-corrected chi connectivity index (χ1v) is 6.09. The first kappa shape index (κ1) is 13.2. The molecule has 2 N–H and O–H groups in total. The maximum absolute atomic E-state index is 11.8. The molecule has 0 saturated heterocycles. The van der Waals surface area contributed by atoms with Gasteiger partial charge >= 0.3 is 0 Å². The van der Waals surface area contributed by atoms with E-state index in [9.17, 15) is 4.79 Å². The Hall–Kier alpha value is -0.870. The Kier molecular flexibility index (Phi) is 4.96. The van der Waals surface area contributed by atoms with Gasteiger partial charge in [-0.3, -0.25) is 4.79 Å². The van der Waals surface area contributed by atoms with Crippen LogP contribution in [0.4, 0.5) is 0 Å². The fraction of sp³-hybridized carbons (Fsp3) is 0.417. The topological polar surface area (TPSA) is 46.3 Å². The van der Waals surface area contributed by atoms with Gasteiger partial charge in [-0.05, 0) is 24.1 Å². The van der Waals surface area contributed by atoms with Crippen LogP contribution in [0.5, 0.6) is 0 Å². The van der Waals surface area contributed by atoms with Crippen molar-refractivity contribution in [2.75, 3.05) is 7.05 Å². The minimum atomic E-state index is -0.392. The number of hydrogen-bond acceptors (Lipinski definition) is 2. The minimum absolute atomic E-state index is 0.0116. The van der Waals surface area contributed by atoms with Crippen molar-refractivity contribution in [1.29, 1.82) is 0 Å². The van der Waals surface area contributed by atoms with E-state index in [1.807, 2.05) is 31.2 Å². The van der Waals surface area contributed by atoms with Gasteiger partial charge in [0.15, 0.2) is 0 Å². The van der Waals surface area contributed by atoms with Crippen LogP contribution in [-0.2, 0) is 11.3 Å². The molecule has 0 spiro atoms. The van der Waals surface area contributed by atoms with Gasteiger partial charge in [-0.25, -0.2) is 0 Å². The van der Waals surface area contributed by atoms with E-state index in [1.54, 1.807) is 11.9 Å². The number of benzene rings is 1. The van der Waals surface area contributed by atoms with Gasteiger partial charge in [0, 0.05) is 18.1 Å². The number of likely N-dealkylation sites (N-methyl/N-ethyl adjacent to an activating group) is 1. The van der Waals surface area contributed by atoms with E-state index >= 15 is 0 Å².